The van der Waals surface area contributed by atoms with Gasteiger partial charge in [0.25, 0.3) is 0 Å². The second-order valence-electron chi connectivity index (χ2n) is 7.07. The maximum atomic E-state index is 12.4. The number of nitrogens with one attached hydrogen (secondary N) is 1. The van der Waals surface area contributed by atoms with Crippen LogP contribution >= 0.6 is 0 Å². The minimum absolute atomic E-state index is 0.0713. The van der Waals surface area contributed by atoms with Crippen LogP contribution < -0.4 is 10.2 Å². The zero-order valence-corrected chi connectivity index (χ0v) is 15.2. The molecule has 3 atom stereocenters. The first-order chi connectivity index (χ1) is 12.1. The number of hydrogen-bond donors (Lipinski definition) is 1. The van der Waals surface area contributed by atoms with Crippen LogP contribution in [-0.4, -0.2) is 72.5 Å². The van der Waals surface area contributed by atoms with Gasteiger partial charge in [-0.25, -0.2) is 0 Å². The maximum Gasteiger partial charge on any atom is 0.237 e. The number of nitrogens with zero attached hydrogens (tertiary/aromatic N) is 4. The molecule has 0 unspecified atom stereocenters. The van der Waals surface area contributed by atoms with Gasteiger partial charge in [-0.1, -0.05) is 0 Å². The van der Waals surface area contributed by atoms with Gasteiger partial charge in [-0.3, -0.25) is 9.69 Å². The Morgan fingerprint density at radius 3 is 3.08 bits per heavy atom. The van der Waals surface area contributed by atoms with Gasteiger partial charge in [0.1, 0.15) is 0 Å². The monoisotopic (exact) mass is 347 g/mol. The molecule has 0 bridgehead atoms. The summed E-state index contributed by atoms with van der Waals surface area (Å²) in [6.45, 7) is 5.23. The van der Waals surface area contributed by atoms with Gasteiger partial charge in [0.05, 0.1) is 12.1 Å². The van der Waals surface area contributed by atoms with Crippen molar-refractivity contribution in [2.24, 2.45) is 0 Å². The lowest BCUT2D eigenvalue weighted by atomic mass is 10.1. The quantitative estimate of drug-likeness (QED) is 0.795. The van der Waals surface area contributed by atoms with Gasteiger partial charge in [0, 0.05) is 38.5 Å². The lowest BCUT2D eigenvalue weighted by molar-refractivity contribution is -0.126. The molecule has 1 amide bonds. The van der Waals surface area contributed by atoms with E-state index in [0.29, 0.717) is 12.6 Å². The van der Waals surface area contributed by atoms with Crippen molar-refractivity contribution in [3.05, 3.63) is 18.3 Å². The van der Waals surface area contributed by atoms with Crippen LogP contribution in [0.4, 0.5) is 5.82 Å². The molecule has 0 spiro atoms. The first kappa shape index (κ1) is 18.1. The predicted octanol–water partition coefficient (Wildman–Crippen LogP) is 1.06. The summed E-state index contributed by atoms with van der Waals surface area (Å²) in [6.07, 6.45) is 6.28. The summed E-state index contributed by atoms with van der Waals surface area (Å²) in [5.41, 5.74) is 0. The molecular weight excluding hydrogens is 318 g/mol. The zero-order chi connectivity index (χ0) is 17.6. The Kier molecular flexibility index (Phi) is 6.20. The van der Waals surface area contributed by atoms with Gasteiger partial charge in [0.15, 0.2) is 5.82 Å². The predicted molar refractivity (Wildman–Crippen MR) is 96.5 cm³/mol. The number of ether oxygens (including phenoxy) is 1. The van der Waals surface area contributed by atoms with E-state index in [1.165, 1.54) is 0 Å². The topological polar surface area (TPSA) is 70.6 Å². The lowest BCUT2D eigenvalue weighted by Gasteiger charge is -2.31. The van der Waals surface area contributed by atoms with Crippen LogP contribution in [0, 0.1) is 0 Å². The number of carbonyl (C=O) groups excluding carboxylic acids is 1. The molecule has 0 aromatic carbocycles. The lowest BCUT2D eigenvalue weighted by Crippen LogP contribution is -2.49. The number of likely N-dealkylation sites (N-methyl/N-ethyl adjacent to an activating group) is 1. The first-order valence-electron chi connectivity index (χ1n) is 9.29. The summed E-state index contributed by atoms with van der Waals surface area (Å²) < 4.78 is 5.57. The van der Waals surface area contributed by atoms with Crippen molar-refractivity contribution in [3.63, 3.8) is 0 Å². The van der Waals surface area contributed by atoms with Crippen LogP contribution in [0.15, 0.2) is 18.3 Å². The van der Waals surface area contributed by atoms with Crippen LogP contribution in [-0.2, 0) is 9.53 Å². The third-order valence-electron chi connectivity index (χ3n) is 5.30. The van der Waals surface area contributed by atoms with Crippen LogP contribution in [0.5, 0.6) is 0 Å². The highest BCUT2D eigenvalue weighted by molar-refractivity contribution is 5.81. The van der Waals surface area contributed by atoms with E-state index in [4.69, 9.17) is 4.74 Å². The van der Waals surface area contributed by atoms with Gasteiger partial charge in [-0.2, -0.15) is 5.10 Å². The summed E-state index contributed by atoms with van der Waals surface area (Å²) >= 11 is 0. The number of rotatable bonds is 7. The zero-order valence-electron chi connectivity index (χ0n) is 15.2. The largest absolute Gasteiger partial charge is 0.376 e. The normalized spacial score (nSPS) is 24.7. The Hall–Kier alpha value is -1.73. The number of amides is 1. The van der Waals surface area contributed by atoms with Crippen LogP contribution in [0.25, 0.3) is 0 Å². The molecule has 25 heavy (non-hydrogen) atoms. The van der Waals surface area contributed by atoms with Crippen LogP contribution in [0.2, 0.25) is 0 Å². The minimum Gasteiger partial charge on any atom is -0.376 e. The van der Waals surface area contributed by atoms with E-state index < -0.39 is 0 Å². The SMILES string of the molecule is C[C@H](C(=O)NC[C@H]1CCCO1)N(C)C[C@H]1CCCN1c1cccnn1. The molecule has 2 aliphatic rings. The highest BCUT2D eigenvalue weighted by atomic mass is 16.5. The molecule has 2 saturated heterocycles. The highest BCUT2D eigenvalue weighted by Crippen LogP contribution is 2.24. The molecule has 0 saturated carbocycles. The highest BCUT2D eigenvalue weighted by Gasteiger charge is 2.29. The van der Waals surface area contributed by atoms with Gasteiger partial charge >= 0.3 is 0 Å². The average molecular weight is 347 g/mol. The summed E-state index contributed by atoms with van der Waals surface area (Å²) in [7, 11) is 2.02. The number of hydrogen-bond acceptors (Lipinski definition) is 6. The van der Waals surface area contributed by atoms with Crippen molar-refractivity contribution in [3.8, 4) is 0 Å². The summed E-state index contributed by atoms with van der Waals surface area (Å²) in [5, 5.41) is 11.3. The fraction of sp³-hybridized carbons (Fsp3) is 0.722. The molecule has 2 fully saturated rings. The van der Waals surface area contributed by atoms with E-state index in [-0.39, 0.29) is 18.1 Å². The molecular formula is C18H29N5O2. The molecule has 3 heterocycles. The molecule has 138 valence electrons. The number of anilines is 1. The van der Waals surface area contributed by atoms with Crippen molar-refractivity contribution in [1.82, 2.24) is 20.4 Å². The number of carbonyl (C=O) groups is 1. The van der Waals surface area contributed by atoms with Crippen molar-refractivity contribution in [2.45, 2.75) is 50.8 Å². The number of aromatic nitrogens is 2. The minimum atomic E-state index is -0.161. The third-order valence-corrected chi connectivity index (χ3v) is 5.30. The van der Waals surface area contributed by atoms with Gasteiger partial charge in [-0.05, 0) is 51.8 Å². The fourth-order valence-electron chi connectivity index (χ4n) is 3.63. The summed E-state index contributed by atoms with van der Waals surface area (Å²) in [6, 6.07) is 4.13. The Balaban J connectivity index is 1.49. The second-order valence-corrected chi connectivity index (χ2v) is 7.07. The molecule has 1 N–H and O–H groups in total. The molecule has 3 rings (SSSR count). The fourth-order valence-corrected chi connectivity index (χ4v) is 3.63. The van der Waals surface area contributed by atoms with Crippen molar-refractivity contribution >= 4 is 11.7 Å². The van der Waals surface area contributed by atoms with E-state index in [1.54, 1.807) is 6.20 Å². The van der Waals surface area contributed by atoms with E-state index in [2.05, 4.69) is 25.3 Å². The van der Waals surface area contributed by atoms with E-state index in [0.717, 1.165) is 51.2 Å². The molecule has 0 aliphatic carbocycles. The van der Waals surface area contributed by atoms with Gasteiger partial charge in [-0.15, -0.1) is 5.10 Å². The average Bonchev–Trinajstić information content (AvgIpc) is 3.31. The third kappa shape index (κ3) is 4.67. The Morgan fingerprint density at radius 1 is 1.48 bits per heavy atom. The van der Waals surface area contributed by atoms with Crippen molar-refractivity contribution in [2.75, 3.05) is 38.2 Å². The Morgan fingerprint density at radius 2 is 2.36 bits per heavy atom. The second kappa shape index (κ2) is 8.58. The maximum absolute atomic E-state index is 12.4. The Labute approximate surface area is 149 Å². The first-order valence-corrected chi connectivity index (χ1v) is 9.29. The molecule has 1 aromatic heterocycles. The van der Waals surface area contributed by atoms with Crippen molar-refractivity contribution < 1.29 is 9.53 Å². The van der Waals surface area contributed by atoms with Gasteiger partial charge < -0.3 is 15.0 Å². The molecule has 2 aliphatic heterocycles. The molecule has 7 heteroatoms. The van der Waals surface area contributed by atoms with Crippen molar-refractivity contribution in [1.29, 1.82) is 0 Å². The smallest absolute Gasteiger partial charge is 0.237 e. The van der Waals surface area contributed by atoms with E-state index in [1.807, 2.05) is 26.1 Å². The summed E-state index contributed by atoms with van der Waals surface area (Å²) in [4.78, 5) is 16.9. The summed E-state index contributed by atoms with van der Waals surface area (Å²) in [5.74, 6) is 0.996. The standard InChI is InChI=1S/C18H29N5O2/c1-14(18(24)19-12-16-7-5-11-25-16)22(2)13-15-6-4-10-23(15)17-8-3-9-20-21-17/h3,8-9,14-16H,4-7,10-13H2,1-2H3,(H,19,24)/t14-,15-,16-/m1/s1. The van der Waals surface area contributed by atoms with Gasteiger partial charge in [0.2, 0.25) is 5.91 Å². The van der Waals surface area contributed by atoms with E-state index >= 15 is 0 Å². The molecule has 7 nitrogen and oxygen atoms in total. The molecule has 1 aromatic rings. The van der Waals surface area contributed by atoms with Crippen LogP contribution in [0.3, 0.4) is 0 Å². The Bertz CT molecular complexity index is 550. The van der Waals surface area contributed by atoms with E-state index in [9.17, 15) is 4.79 Å². The van der Waals surface area contributed by atoms with Crippen LogP contribution in [0.1, 0.15) is 32.6 Å². The molecule has 0 radical (unpaired) electrons.